The van der Waals surface area contributed by atoms with E-state index in [1.54, 1.807) is 0 Å². The van der Waals surface area contributed by atoms with Gasteiger partial charge in [-0.1, -0.05) is 0 Å². The summed E-state index contributed by atoms with van der Waals surface area (Å²) < 4.78 is 10.1. The highest BCUT2D eigenvalue weighted by Gasteiger charge is 2.39. The lowest BCUT2D eigenvalue weighted by atomic mass is 10.1. The number of aliphatic hydroxyl groups excluding tert-OH is 3. The molecule has 1 fully saturated rings. The van der Waals surface area contributed by atoms with Gasteiger partial charge in [-0.15, -0.1) is 0 Å². The molecule has 1 aromatic rings. The Kier molecular flexibility index (Phi) is 3.96. The van der Waals surface area contributed by atoms with E-state index in [1.165, 1.54) is 24.3 Å². The first kappa shape index (κ1) is 13.7. The van der Waals surface area contributed by atoms with E-state index in [2.05, 4.69) is 0 Å². The molecule has 3 N–H and O–H groups in total. The summed E-state index contributed by atoms with van der Waals surface area (Å²) in [4.78, 5) is 9.93. The van der Waals surface area contributed by atoms with Crippen LogP contribution in [0.5, 0.6) is 5.75 Å². The number of benzene rings is 1. The Morgan fingerprint density at radius 1 is 1.26 bits per heavy atom. The topological polar surface area (TPSA) is 122 Å². The fourth-order valence-corrected chi connectivity index (χ4v) is 1.71. The van der Waals surface area contributed by atoms with Gasteiger partial charge in [0.2, 0.25) is 0 Å². The van der Waals surface area contributed by atoms with Gasteiger partial charge in [-0.25, -0.2) is 0 Å². The Bertz CT molecular complexity index is 449. The molecule has 0 spiro atoms. The van der Waals surface area contributed by atoms with E-state index in [-0.39, 0.29) is 18.0 Å². The van der Waals surface area contributed by atoms with Crippen LogP contribution in [0.1, 0.15) is 0 Å². The molecule has 0 radical (unpaired) electrons. The molecule has 0 unspecified atom stereocenters. The van der Waals surface area contributed by atoms with Crippen LogP contribution in [0.15, 0.2) is 24.3 Å². The Balaban J connectivity index is 2.08. The Labute approximate surface area is 108 Å². The van der Waals surface area contributed by atoms with Crippen molar-refractivity contribution in [1.82, 2.24) is 0 Å². The van der Waals surface area contributed by atoms with Crippen LogP contribution in [0, 0.1) is 10.1 Å². The van der Waals surface area contributed by atoms with Crippen LogP contribution in [0.2, 0.25) is 0 Å². The van der Waals surface area contributed by atoms with Crippen LogP contribution in [-0.4, -0.2) is 51.5 Å². The number of hydrogen-bond acceptors (Lipinski definition) is 7. The second-order valence-electron chi connectivity index (χ2n) is 4.12. The molecule has 1 heterocycles. The molecule has 0 aliphatic carbocycles. The summed E-state index contributed by atoms with van der Waals surface area (Å²) in [6.45, 7) is -0.192. The van der Waals surface area contributed by atoms with Gasteiger partial charge >= 0.3 is 0 Å². The fraction of sp³-hybridized carbons (Fsp3) is 0.455. The van der Waals surface area contributed by atoms with Gasteiger partial charge in [0, 0.05) is 12.1 Å². The smallest absolute Gasteiger partial charge is 0.269 e. The van der Waals surface area contributed by atoms with Gasteiger partial charge in [0.05, 0.1) is 11.5 Å². The average Bonchev–Trinajstić information content (AvgIpc) is 2.40. The number of hydrogen-bond donors (Lipinski definition) is 3. The molecular weight excluding hydrogens is 258 g/mol. The van der Waals surface area contributed by atoms with E-state index in [0.717, 1.165) is 0 Å². The van der Waals surface area contributed by atoms with Crippen molar-refractivity contribution >= 4 is 5.69 Å². The lowest BCUT2D eigenvalue weighted by Crippen LogP contribution is -2.55. The van der Waals surface area contributed by atoms with Gasteiger partial charge in [-0.2, -0.15) is 0 Å². The summed E-state index contributed by atoms with van der Waals surface area (Å²) in [5.41, 5.74) is -0.103. The van der Waals surface area contributed by atoms with Crippen molar-refractivity contribution in [2.24, 2.45) is 0 Å². The number of rotatable bonds is 3. The normalized spacial score (nSPS) is 30.9. The zero-order chi connectivity index (χ0) is 14.0. The first-order valence-electron chi connectivity index (χ1n) is 5.56. The minimum absolute atomic E-state index is 0.103. The van der Waals surface area contributed by atoms with E-state index in [1.807, 2.05) is 0 Å². The second-order valence-corrected chi connectivity index (χ2v) is 4.12. The third kappa shape index (κ3) is 2.99. The van der Waals surface area contributed by atoms with E-state index in [0.29, 0.717) is 0 Å². The predicted octanol–water partition coefficient (Wildman–Crippen LogP) is -0.587. The van der Waals surface area contributed by atoms with E-state index >= 15 is 0 Å². The highest BCUT2D eigenvalue weighted by Crippen LogP contribution is 2.23. The van der Waals surface area contributed by atoms with Crippen molar-refractivity contribution in [2.45, 2.75) is 24.6 Å². The molecule has 104 valence electrons. The number of non-ortho nitro benzene ring substituents is 1. The van der Waals surface area contributed by atoms with Crippen molar-refractivity contribution < 1.29 is 29.7 Å². The molecule has 8 heteroatoms. The van der Waals surface area contributed by atoms with Crippen LogP contribution >= 0.6 is 0 Å². The second kappa shape index (κ2) is 5.49. The first-order chi connectivity index (χ1) is 8.99. The van der Waals surface area contributed by atoms with Gasteiger partial charge in [-0.05, 0) is 12.1 Å². The van der Waals surface area contributed by atoms with Crippen molar-refractivity contribution in [2.75, 3.05) is 6.61 Å². The van der Waals surface area contributed by atoms with Gasteiger partial charge in [0.25, 0.3) is 5.69 Å². The predicted molar refractivity (Wildman–Crippen MR) is 61.5 cm³/mol. The van der Waals surface area contributed by atoms with Gasteiger partial charge < -0.3 is 24.8 Å². The zero-order valence-corrected chi connectivity index (χ0v) is 9.75. The molecule has 4 atom stereocenters. The molecule has 0 bridgehead atoms. The third-order valence-corrected chi connectivity index (χ3v) is 2.77. The molecule has 1 aliphatic heterocycles. The van der Waals surface area contributed by atoms with Crippen molar-refractivity contribution in [1.29, 1.82) is 0 Å². The monoisotopic (exact) mass is 271 g/mol. The van der Waals surface area contributed by atoms with Crippen LogP contribution in [0.3, 0.4) is 0 Å². The lowest BCUT2D eigenvalue weighted by molar-refractivity contribution is -0.384. The Hall–Kier alpha value is -1.74. The van der Waals surface area contributed by atoms with Gasteiger partial charge in [0.1, 0.15) is 18.0 Å². The zero-order valence-electron chi connectivity index (χ0n) is 9.75. The number of nitro groups is 1. The van der Waals surface area contributed by atoms with Crippen LogP contribution < -0.4 is 4.74 Å². The molecule has 1 saturated heterocycles. The van der Waals surface area contributed by atoms with E-state index in [4.69, 9.17) is 9.47 Å². The summed E-state index contributed by atoms with van der Waals surface area (Å²) in [5, 5.41) is 39.1. The van der Waals surface area contributed by atoms with Crippen molar-refractivity contribution in [3.63, 3.8) is 0 Å². The van der Waals surface area contributed by atoms with E-state index in [9.17, 15) is 25.4 Å². The summed E-state index contributed by atoms with van der Waals surface area (Å²) in [5.74, 6) is 0.214. The minimum atomic E-state index is -1.38. The highest BCUT2D eigenvalue weighted by molar-refractivity contribution is 5.36. The molecule has 2 rings (SSSR count). The Morgan fingerprint density at radius 3 is 2.47 bits per heavy atom. The fourth-order valence-electron chi connectivity index (χ4n) is 1.71. The standard InChI is InChI=1S/C11H13NO7/c13-8-5-18-11(15)10(9(8)14)19-7-3-1-6(2-4-7)12(16)17/h1-4,8-11,13-15H,5H2/t8-,9-,10+,11+/m0/s1. The first-order valence-corrected chi connectivity index (χ1v) is 5.56. The number of nitrogens with zero attached hydrogens (tertiary/aromatic N) is 1. The van der Waals surface area contributed by atoms with Crippen LogP contribution in [0.4, 0.5) is 5.69 Å². The quantitative estimate of drug-likeness (QED) is 0.496. The number of nitro benzene ring substituents is 1. The molecule has 8 nitrogen and oxygen atoms in total. The Morgan fingerprint density at radius 2 is 1.89 bits per heavy atom. The summed E-state index contributed by atoms with van der Waals surface area (Å²) in [7, 11) is 0. The third-order valence-electron chi connectivity index (χ3n) is 2.77. The minimum Gasteiger partial charge on any atom is -0.482 e. The molecule has 0 aromatic heterocycles. The largest absolute Gasteiger partial charge is 0.482 e. The van der Waals surface area contributed by atoms with Crippen LogP contribution in [-0.2, 0) is 4.74 Å². The van der Waals surface area contributed by atoms with E-state index < -0.39 is 29.5 Å². The van der Waals surface area contributed by atoms with Gasteiger partial charge in [-0.3, -0.25) is 10.1 Å². The maximum atomic E-state index is 10.5. The molecule has 1 aromatic carbocycles. The molecule has 0 saturated carbocycles. The average molecular weight is 271 g/mol. The highest BCUT2D eigenvalue weighted by atomic mass is 16.6. The molecule has 1 aliphatic rings. The van der Waals surface area contributed by atoms with Crippen LogP contribution in [0.25, 0.3) is 0 Å². The maximum Gasteiger partial charge on any atom is 0.269 e. The molecule has 19 heavy (non-hydrogen) atoms. The number of ether oxygens (including phenoxy) is 2. The summed E-state index contributed by atoms with van der Waals surface area (Å²) in [6.07, 6.45) is -5.01. The molecular formula is C11H13NO7. The van der Waals surface area contributed by atoms with Crippen molar-refractivity contribution in [3.8, 4) is 5.75 Å². The SMILES string of the molecule is O=[N+]([O-])c1ccc(O[C@@H]2[C@@H](O)[C@@H](O)CO[C@H]2O)cc1. The van der Waals surface area contributed by atoms with Crippen molar-refractivity contribution in [3.05, 3.63) is 34.4 Å². The maximum absolute atomic E-state index is 10.5. The van der Waals surface area contributed by atoms with Gasteiger partial charge in [0.15, 0.2) is 12.4 Å². The summed E-state index contributed by atoms with van der Waals surface area (Å²) >= 11 is 0. The molecule has 0 amide bonds. The summed E-state index contributed by atoms with van der Waals surface area (Å²) in [6, 6.07) is 5.12. The number of aliphatic hydroxyl groups is 3. The lowest BCUT2D eigenvalue weighted by Gasteiger charge is -2.35.